The van der Waals surface area contributed by atoms with Gasteiger partial charge in [-0.25, -0.2) is 13.2 Å². The van der Waals surface area contributed by atoms with Crippen LogP contribution in [0.3, 0.4) is 0 Å². The Morgan fingerprint density at radius 2 is 2.04 bits per heavy atom. The molecule has 0 spiro atoms. The minimum atomic E-state index is -3.83. The van der Waals surface area contributed by atoms with Gasteiger partial charge in [0.1, 0.15) is 10.6 Å². The molecule has 0 aromatic heterocycles. The first-order valence-electron chi connectivity index (χ1n) is 8.95. The molecule has 0 unspecified atom stereocenters. The number of likely N-dealkylation sites (N-methyl/N-ethyl adjacent to an activating group) is 1. The Kier molecular flexibility index (Phi) is 7.20. The van der Waals surface area contributed by atoms with Gasteiger partial charge in [-0.3, -0.25) is 4.79 Å². The molecule has 9 heteroatoms. The van der Waals surface area contributed by atoms with Gasteiger partial charge in [0, 0.05) is 19.1 Å². The zero-order valence-electron chi connectivity index (χ0n) is 15.9. The van der Waals surface area contributed by atoms with Gasteiger partial charge in [0.15, 0.2) is 6.61 Å². The Morgan fingerprint density at radius 3 is 2.67 bits per heavy atom. The number of ether oxygens (including phenoxy) is 2. The van der Waals surface area contributed by atoms with E-state index in [9.17, 15) is 18.0 Å². The fourth-order valence-electron chi connectivity index (χ4n) is 3.02. The fourth-order valence-corrected chi connectivity index (χ4v) is 4.91. The van der Waals surface area contributed by atoms with Crippen molar-refractivity contribution in [2.45, 2.75) is 44.0 Å². The Bertz CT molecular complexity index is 793. The quantitative estimate of drug-likeness (QED) is 0.699. The molecule has 0 bridgehead atoms. The van der Waals surface area contributed by atoms with Crippen LogP contribution in [0.15, 0.2) is 23.1 Å². The summed E-state index contributed by atoms with van der Waals surface area (Å²) in [6, 6.07) is 3.96. The summed E-state index contributed by atoms with van der Waals surface area (Å²) >= 11 is 0. The monoisotopic (exact) mass is 398 g/mol. The third kappa shape index (κ3) is 4.98. The minimum absolute atomic E-state index is 0.0448. The van der Waals surface area contributed by atoms with E-state index in [1.54, 1.807) is 6.92 Å². The van der Waals surface area contributed by atoms with Crippen LogP contribution in [-0.2, 0) is 19.6 Å². The van der Waals surface area contributed by atoms with E-state index in [0.717, 1.165) is 19.3 Å². The van der Waals surface area contributed by atoms with Crippen molar-refractivity contribution in [1.29, 1.82) is 0 Å². The molecule has 1 aliphatic heterocycles. The molecule has 1 N–H and O–H groups in total. The lowest BCUT2D eigenvalue weighted by atomic mass is 10.1. The van der Waals surface area contributed by atoms with E-state index in [0.29, 0.717) is 13.1 Å². The number of sulfonamides is 1. The van der Waals surface area contributed by atoms with Gasteiger partial charge in [-0.2, -0.15) is 4.31 Å². The van der Waals surface area contributed by atoms with E-state index in [1.807, 2.05) is 6.92 Å². The number of benzene rings is 1. The molecule has 27 heavy (non-hydrogen) atoms. The van der Waals surface area contributed by atoms with Crippen LogP contribution in [0.2, 0.25) is 0 Å². The maximum atomic E-state index is 13.1. The summed E-state index contributed by atoms with van der Waals surface area (Å²) in [5, 5.41) is 2.52. The van der Waals surface area contributed by atoms with Gasteiger partial charge in [-0.05, 0) is 44.9 Å². The summed E-state index contributed by atoms with van der Waals surface area (Å²) in [5.74, 6) is -1.03. The Morgan fingerprint density at radius 1 is 1.30 bits per heavy atom. The lowest BCUT2D eigenvalue weighted by Gasteiger charge is -2.32. The van der Waals surface area contributed by atoms with E-state index in [-0.39, 0.29) is 22.3 Å². The zero-order chi connectivity index (χ0) is 20.0. The summed E-state index contributed by atoms with van der Waals surface area (Å²) < 4.78 is 37.9. The van der Waals surface area contributed by atoms with Crippen molar-refractivity contribution in [2.24, 2.45) is 0 Å². The zero-order valence-corrected chi connectivity index (χ0v) is 16.7. The van der Waals surface area contributed by atoms with Crippen LogP contribution in [0.25, 0.3) is 0 Å². The van der Waals surface area contributed by atoms with Crippen LogP contribution < -0.4 is 10.1 Å². The minimum Gasteiger partial charge on any atom is -0.495 e. The highest BCUT2D eigenvalue weighted by molar-refractivity contribution is 7.89. The third-order valence-electron chi connectivity index (χ3n) is 4.44. The van der Waals surface area contributed by atoms with Gasteiger partial charge in [0.2, 0.25) is 10.0 Å². The normalized spacial score (nSPS) is 18.0. The number of carbonyl (C=O) groups excluding carboxylic acids is 2. The second kappa shape index (κ2) is 9.18. The average Bonchev–Trinajstić information content (AvgIpc) is 2.66. The van der Waals surface area contributed by atoms with E-state index in [4.69, 9.17) is 9.47 Å². The molecule has 1 heterocycles. The molecule has 0 radical (unpaired) electrons. The summed E-state index contributed by atoms with van der Waals surface area (Å²) in [7, 11) is -2.45. The number of amides is 1. The van der Waals surface area contributed by atoms with Crippen molar-refractivity contribution >= 4 is 21.9 Å². The van der Waals surface area contributed by atoms with Gasteiger partial charge in [-0.15, -0.1) is 0 Å². The second-order valence-corrected chi connectivity index (χ2v) is 8.21. The first-order chi connectivity index (χ1) is 12.8. The third-order valence-corrected chi connectivity index (χ3v) is 6.47. The summed E-state index contributed by atoms with van der Waals surface area (Å²) in [4.78, 5) is 23.6. The maximum absolute atomic E-state index is 13.1. The molecule has 150 valence electrons. The molecular formula is C18H26N2O6S. The molecule has 1 atom stereocenters. The first kappa shape index (κ1) is 21.2. The van der Waals surface area contributed by atoms with Crippen LogP contribution in [0, 0.1) is 0 Å². The maximum Gasteiger partial charge on any atom is 0.338 e. The van der Waals surface area contributed by atoms with Crippen molar-refractivity contribution in [1.82, 2.24) is 9.62 Å². The predicted octanol–water partition coefficient (Wildman–Crippen LogP) is 1.55. The average molecular weight is 398 g/mol. The SMILES string of the molecule is CCNC(=O)COC(=O)c1ccc(OC)c(S(=O)(=O)N2CCCC[C@H]2C)c1. The number of methoxy groups -OCH3 is 1. The Hall–Kier alpha value is -2.13. The molecule has 1 aromatic rings. The highest BCUT2D eigenvalue weighted by Gasteiger charge is 2.33. The molecule has 1 amide bonds. The number of rotatable bonds is 7. The van der Waals surface area contributed by atoms with Crippen molar-refractivity contribution in [3.63, 3.8) is 0 Å². The van der Waals surface area contributed by atoms with Crippen LogP contribution in [0.5, 0.6) is 5.75 Å². The van der Waals surface area contributed by atoms with E-state index < -0.39 is 28.5 Å². The number of esters is 1. The first-order valence-corrected chi connectivity index (χ1v) is 10.4. The fraction of sp³-hybridized carbons (Fsp3) is 0.556. The van der Waals surface area contributed by atoms with Gasteiger partial charge >= 0.3 is 5.97 Å². The van der Waals surface area contributed by atoms with Gasteiger partial charge in [0.05, 0.1) is 12.7 Å². The van der Waals surface area contributed by atoms with E-state index in [1.165, 1.54) is 29.6 Å². The van der Waals surface area contributed by atoms with Crippen LogP contribution in [0.1, 0.15) is 43.5 Å². The van der Waals surface area contributed by atoms with Crippen molar-refractivity contribution < 1.29 is 27.5 Å². The molecule has 1 saturated heterocycles. The number of carbonyl (C=O) groups is 2. The van der Waals surface area contributed by atoms with Crippen molar-refractivity contribution in [3.8, 4) is 5.75 Å². The van der Waals surface area contributed by atoms with Crippen molar-refractivity contribution in [3.05, 3.63) is 23.8 Å². The largest absolute Gasteiger partial charge is 0.495 e. The van der Waals surface area contributed by atoms with Gasteiger partial charge in [0.25, 0.3) is 5.91 Å². The molecule has 0 aliphatic carbocycles. The molecule has 1 fully saturated rings. The standard InChI is InChI=1S/C18H26N2O6S/c1-4-19-17(21)12-26-18(22)14-8-9-15(25-3)16(11-14)27(23,24)20-10-6-5-7-13(20)2/h8-9,11,13H,4-7,10,12H2,1-3H3,(H,19,21)/t13-/m1/s1. The lowest BCUT2D eigenvalue weighted by molar-refractivity contribution is -0.124. The summed E-state index contributed by atoms with van der Waals surface area (Å²) in [6.07, 6.45) is 2.56. The number of hydrogen-bond acceptors (Lipinski definition) is 6. The molecule has 2 rings (SSSR count). The lowest BCUT2D eigenvalue weighted by Crippen LogP contribution is -2.42. The summed E-state index contributed by atoms with van der Waals surface area (Å²) in [6.45, 7) is 4.05. The van der Waals surface area contributed by atoms with Crippen LogP contribution in [-0.4, -0.2) is 57.4 Å². The molecule has 8 nitrogen and oxygen atoms in total. The van der Waals surface area contributed by atoms with Gasteiger partial charge < -0.3 is 14.8 Å². The smallest absolute Gasteiger partial charge is 0.338 e. The molecule has 1 aliphatic rings. The van der Waals surface area contributed by atoms with E-state index >= 15 is 0 Å². The molecular weight excluding hydrogens is 372 g/mol. The molecule has 0 saturated carbocycles. The second-order valence-electron chi connectivity index (χ2n) is 6.36. The Balaban J connectivity index is 2.29. The topological polar surface area (TPSA) is 102 Å². The van der Waals surface area contributed by atoms with Crippen LogP contribution in [0.4, 0.5) is 0 Å². The van der Waals surface area contributed by atoms with Gasteiger partial charge in [-0.1, -0.05) is 6.42 Å². The summed E-state index contributed by atoms with van der Waals surface area (Å²) in [5.41, 5.74) is 0.0448. The number of nitrogens with zero attached hydrogens (tertiary/aromatic N) is 1. The number of nitrogens with one attached hydrogen (secondary N) is 1. The Labute approximate surface area is 159 Å². The predicted molar refractivity (Wildman–Crippen MR) is 99.2 cm³/mol. The number of hydrogen-bond donors (Lipinski definition) is 1. The van der Waals surface area contributed by atoms with Crippen molar-refractivity contribution in [2.75, 3.05) is 26.8 Å². The molecule has 1 aromatic carbocycles. The van der Waals surface area contributed by atoms with E-state index in [2.05, 4.69) is 5.32 Å². The highest BCUT2D eigenvalue weighted by Crippen LogP contribution is 2.31. The highest BCUT2D eigenvalue weighted by atomic mass is 32.2. The number of piperidine rings is 1. The van der Waals surface area contributed by atoms with Crippen LogP contribution >= 0.6 is 0 Å².